The first-order valence-electron chi connectivity index (χ1n) is 9.71. The predicted molar refractivity (Wildman–Crippen MR) is 105 cm³/mol. The van der Waals surface area contributed by atoms with Gasteiger partial charge in [-0.1, -0.05) is 0 Å². The van der Waals surface area contributed by atoms with Crippen molar-refractivity contribution in [3.05, 3.63) is 18.2 Å². The monoisotopic (exact) mass is 392 g/mol. The molecule has 0 aliphatic carbocycles. The predicted octanol–water partition coefficient (Wildman–Crippen LogP) is 2.66. The molecule has 27 heavy (non-hydrogen) atoms. The maximum atomic E-state index is 12.5. The van der Waals surface area contributed by atoms with E-state index in [0.717, 1.165) is 42.3 Å². The average Bonchev–Trinajstić information content (AvgIpc) is 2.72. The number of likely N-dealkylation sites (tertiary alicyclic amines) is 1. The second-order valence-electron chi connectivity index (χ2n) is 6.76. The molecule has 1 fully saturated rings. The molecule has 0 atom stereocenters. The van der Waals surface area contributed by atoms with Gasteiger partial charge in [0.15, 0.2) is 11.5 Å². The standard InChI is InChI=1S/C20H28N2O4S/c1-3-21(4-2)20(24)15-7-9-22(10-8-15)19(23)14-27-16-5-6-17-18(13-16)26-12-11-25-17/h5-6,13,15H,3-4,7-12,14H2,1-2H3. The molecule has 1 aromatic rings. The van der Waals surface area contributed by atoms with Crippen molar-refractivity contribution >= 4 is 23.6 Å². The Morgan fingerprint density at radius 1 is 1.11 bits per heavy atom. The van der Waals surface area contributed by atoms with E-state index in [2.05, 4.69) is 0 Å². The first-order chi connectivity index (χ1) is 13.1. The van der Waals surface area contributed by atoms with Crippen LogP contribution in [0.5, 0.6) is 11.5 Å². The van der Waals surface area contributed by atoms with Gasteiger partial charge in [-0.25, -0.2) is 0 Å². The Kier molecular flexibility index (Phi) is 6.88. The Bertz CT molecular complexity index is 670. The smallest absolute Gasteiger partial charge is 0.232 e. The van der Waals surface area contributed by atoms with Crippen LogP contribution in [-0.2, 0) is 9.59 Å². The van der Waals surface area contributed by atoms with Gasteiger partial charge in [-0.3, -0.25) is 9.59 Å². The lowest BCUT2D eigenvalue weighted by atomic mass is 9.95. The molecule has 7 heteroatoms. The lowest BCUT2D eigenvalue weighted by Gasteiger charge is -2.33. The lowest BCUT2D eigenvalue weighted by Crippen LogP contribution is -2.44. The molecule has 3 rings (SSSR count). The molecule has 1 saturated heterocycles. The van der Waals surface area contributed by atoms with Crippen LogP contribution in [0, 0.1) is 5.92 Å². The van der Waals surface area contributed by atoms with Gasteiger partial charge < -0.3 is 19.3 Å². The Morgan fingerprint density at radius 3 is 2.44 bits per heavy atom. The molecule has 0 aromatic heterocycles. The summed E-state index contributed by atoms with van der Waals surface area (Å²) in [7, 11) is 0. The number of piperidine rings is 1. The maximum absolute atomic E-state index is 12.5. The molecule has 0 saturated carbocycles. The number of hydrogen-bond acceptors (Lipinski definition) is 5. The number of amides is 2. The zero-order chi connectivity index (χ0) is 19.2. The Labute approximate surface area is 165 Å². The number of ether oxygens (including phenoxy) is 2. The highest BCUT2D eigenvalue weighted by molar-refractivity contribution is 8.00. The molecule has 0 spiro atoms. The van der Waals surface area contributed by atoms with Gasteiger partial charge in [-0.05, 0) is 44.9 Å². The number of nitrogens with zero attached hydrogens (tertiary/aromatic N) is 2. The number of carbonyl (C=O) groups is 2. The van der Waals surface area contributed by atoms with Crippen LogP contribution in [0.4, 0.5) is 0 Å². The number of thioether (sulfide) groups is 1. The number of carbonyl (C=O) groups excluding carboxylic acids is 2. The first kappa shape index (κ1) is 19.9. The molecule has 0 N–H and O–H groups in total. The minimum Gasteiger partial charge on any atom is -0.486 e. The van der Waals surface area contributed by atoms with E-state index >= 15 is 0 Å². The van der Waals surface area contributed by atoms with E-state index in [-0.39, 0.29) is 17.7 Å². The van der Waals surface area contributed by atoms with Crippen molar-refractivity contribution in [2.24, 2.45) is 5.92 Å². The lowest BCUT2D eigenvalue weighted by molar-refractivity contribution is -0.139. The van der Waals surface area contributed by atoms with Crippen molar-refractivity contribution in [1.82, 2.24) is 9.80 Å². The van der Waals surface area contributed by atoms with Gasteiger partial charge in [0, 0.05) is 37.0 Å². The van der Waals surface area contributed by atoms with Gasteiger partial charge >= 0.3 is 0 Å². The summed E-state index contributed by atoms with van der Waals surface area (Å²) in [6, 6.07) is 5.79. The molecule has 0 radical (unpaired) electrons. The molecule has 148 valence electrons. The summed E-state index contributed by atoms with van der Waals surface area (Å²) in [4.78, 5) is 29.8. The Morgan fingerprint density at radius 2 is 1.78 bits per heavy atom. The van der Waals surface area contributed by atoms with Crippen LogP contribution in [0.3, 0.4) is 0 Å². The van der Waals surface area contributed by atoms with Gasteiger partial charge in [-0.2, -0.15) is 0 Å². The van der Waals surface area contributed by atoms with Gasteiger partial charge in [0.05, 0.1) is 5.75 Å². The number of hydrogen-bond donors (Lipinski definition) is 0. The van der Waals surface area contributed by atoms with Crippen LogP contribution in [0.1, 0.15) is 26.7 Å². The van der Waals surface area contributed by atoms with E-state index in [4.69, 9.17) is 9.47 Å². The van der Waals surface area contributed by atoms with E-state index in [1.807, 2.05) is 41.8 Å². The maximum Gasteiger partial charge on any atom is 0.232 e. The van der Waals surface area contributed by atoms with Gasteiger partial charge in [0.25, 0.3) is 0 Å². The van der Waals surface area contributed by atoms with E-state index in [9.17, 15) is 9.59 Å². The van der Waals surface area contributed by atoms with E-state index in [1.165, 1.54) is 11.8 Å². The SMILES string of the molecule is CCN(CC)C(=O)C1CCN(C(=O)CSc2ccc3c(c2)OCCO3)CC1. The van der Waals surface area contributed by atoms with Crippen molar-refractivity contribution < 1.29 is 19.1 Å². The summed E-state index contributed by atoms with van der Waals surface area (Å²) in [5.74, 6) is 2.32. The van der Waals surface area contributed by atoms with Crippen molar-refractivity contribution in [2.75, 3.05) is 45.1 Å². The van der Waals surface area contributed by atoms with Crippen molar-refractivity contribution in [2.45, 2.75) is 31.6 Å². The summed E-state index contributed by atoms with van der Waals surface area (Å²) >= 11 is 1.51. The van der Waals surface area contributed by atoms with Gasteiger partial charge in [-0.15, -0.1) is 11.8 Å². The van der Waals surface area contributed by atoms with Crippen LogP contribution >= 0.6 is 11.8 Å². The van der Waals surface area contributed by atoms with E-state index < -0.39 is 0 Å². The fourth-order valence-electron chi connectivity index (χ4n) is 3.52. The second kappa shape index (κ2) is 9.35. The van der Waals surface area contributed by atoms with Crippen LogP contribution in [0.25, 0.3) is 0 Å². The molecular weight excluding hydrogens is 364 g/mol. The summed E-state index contributed by atoms with van der Waals surface area (Å²) in [5.41, 5.74) is 0. The first-order valence-corrected chi connectivity index (χ1v) is 10.7. The summed E-state index contributed by atoms with van der Waals surface area (Å²) < 4.78 is 11.1. The third kappa shape index (κ3) is 4.89. The number of rotatable bonds is 6. The highest BCUT2D eigenvalue weighted by Crippen LogP contribution is 2.34. The molecule has 0 unspecified atom stereocenters. The molecule has 2 heterocycles. The average molecular weight is 393 g/mol. The molecule has 2 aliphatic rings. The number of benzene rings is 1. The zero-order valence-electron chi connectivity index (χ0n) is 16.1. The van der Waals surface area contributed by atoms with Crippen LogP contribution < -0.4 is 9.47 Å². The van der Waals surface area contributed by atoms with Crippen LogP contribution in [-0.4, -0.2) is 66.8 Å². The largest absolute Gasteiger partial charge is 0.486 e. The minimum atomic E-state index is 0.0550. The molecule has 2 aliphatic heterocycles. The molecular formula is C20H28N2O4S. The normalized spacial score (nSPS) is 16.9. The van der Waals surface area contributed by atoms with Crippen molar-refractivity contribution in [3.8, 4) is 11.5 Å². The Balaban J connectivity index is 1.46. The Hall–Kier alpha value is -1.89. The van der Waals surface area contributed by atoms with E-state index in [1.54, 1.807) is 0 Å². The quantitative estimate of drug-likeness (QED) is 0.697. The van der Waals surface area contributed by atoms with Crippen molar-refractivity contribution in [3.63, 3.8) is 0 Å². The fraction of sp³-hybridized carbons (Fsp3) is 0.600. The molecule has 0 bridgehead atoms. The van der Waals surface area contributed by atoms with E-state index in [0.29, 0.717) is 32.1 Å². The fourth-order valence-corrected chi connectivity index (χ4v) is 4.35. The minimum absolute atomic E-state index is 0.0550. The highest BCUT2D eigenvalue weighted by Gasteiger charge is 2.29. The summed E-state index contributed by atoms with van der Waals surface area (Å²) in [5, 5.41) is 0. The molecule has 1 aromatic carbocycles. The summed E-state index contributed by atoms with van der Waals surface area (Å²) in [6.45, 7) is 7.98. The van der Waals surface area contributed by atoms with Crippen LogP contribution in [0.2, 0.25) is 0 Å². The topological polar surface area (TPSA) is 59.1 Å². The van der Waals surface area contributed by atoms with Crippen molar-refractivity contribution in [1.29, 1.82) is 0 Å². The third-order valence-corrected chi connectivity index (χ3v) is 6.13. The third-order valence-electron chi connectivity index (χ3n) is 5.15. The highest BCUT2D eigenvalue weighted by atomic mass is 32.2. The molecule has 6 nitrogen and oxygen atoms in total. The van der Waals surface area contributed by atoms with Gasteiger partial charge in [0.1, 0.15) is 13.2 Å². The molecule has 2 amide bonds. The summed E-state index contributed by atoms with van der Waals surface area (Å²) in [6.07, 6.45) is 1.52. The zero-order valence-corrected chi connectivity index (χ0v) is 16.9. The van der Waals surface area contributed by atoms with Gasteiger partial charge in [0.2, 0.25) is 11.8 Å². The van der Waals surface area contributed by atoms with Crippen LogP contribution in [0.15, 0.2) is 23.1 Å². The number of fused-ring (bicyclic) bond motifs is 1. The second-order valence-corrected chi connectivity index (χ2v) is 7.81.